The van der Waals surface area contributed by atoms with E-state index in [1.54, 1.807) is 0 Å². The van der Waals surface area contributed by atoms with Crippen molar-refractivity contribution < 1.29 is 13.2 Å². The molecule has 0 aromatic heterocycles. The van der Waals surface area contributed by atoms with E-state index in [1.807, 2.05) is 0 Å². The first-order valence-corrected chi connectivity index (χ1v) is 11.1. The fourth-order valence-corrected chi connectivity index (χ4v) is 5.20. The Morgan fingerprint density at radius 1 is 1.04 bits per heavy atom. The highest BCUT2D eigenvalue weighted by Crippen LogP contribution is 2.28. The molecule has 3 rings (SSSR count). The minimum atomic E-state index is -3.53. The zero-order valence-electron chi connectivity index (χ0n) is 14.9. The maximum Gasteiger partial charge on any atom is 0.243 e. The highest BCUT2D eigenvalue weighted by molar-refractivity contribution is 7.89. The van der Waals surface area contributed by atoms with Crippen molar-refractivity contribution in [2.45, 2.75) is 43.4 Å². The summed E-state index contributed by atoms with van der Waals surface area (Å²) in [4.78, 5) is 14.7. The summed E-state index contributed by atoms with van der Waals surface area (Å²) < 4.78 is 26.8. The second-order valence-corrected chi connectivity index (χ2v) is 9.30. The lowest BCUT2D eigenvalue weighted by Crippen LogP contribution is -2.32. The van der Waals surface area contributed by atoms with Crippen molar-refractivity contribution >= 4 is 33.2 Å². The van der Waals surface area contributed by atoms with Crippen LogP contribution in [-0.4, -0.2) is 56.3 Å². The Kier molecular flexibility index (Phi) is 6.55. The molecule has 1 aromatic rings. The maximum atomic E-state index is 12.7. The van der Waals surface area contributed by atoms with Crippen LogP contribution in [0.2, 0.25) is 5.02 Å². The summed E-state index contributed by atoms with van der Waals surface area (Å²) >= 11 is 6.17. The molecular formula is C18H26ClN3O3S. The zero-order valence-corrected chi connectivity index (χ0v) is 16.5. The van der Waals surface area contributed by atoms with Crippen LogP contribution in [0.4, 0.5) is 5.69 Å². The molecule has 2 aliphatic rings. The lowest BCUT2D eigenvalue weighted by Gasteiger charge is -2.26. The number of carbonyl (C=O) groups is 1. The van der Waals surface area contributed by atoms with Gasteiger partial charge in [-0.15, -0.1) is 0 Å². The van der Waals surface area contributed by atoms with Crippen LogP contribution in [0.3, 0.4) is 0 Å². The van der Waals surface area contributed by atoms with Crippen LogP contribution in [-0.2, 0) is 14.8 Å². The smallest absolute Gasteiger partial charge is 0.243 e. The number of nitrogens with zero attached hydrogens (tertiary/aromatic N) is 2. The van der Waals surface area contributed by atoms with Gasteiger partial charge in [-0.25, -0.2) is 8.42 Å². The van der Waals surface area contributed by atoms with Crippen molar-refractivity contribution in [2.24, 2.45) is 0 Å². The van der Waals surface area contributed by atoms with Gasteiger partial charge in [0.25, 0.3) is 0 Å². The molecule has 144 valence electrons. The molecule has 0 bridgehead atoms. The van der Waals surface area contributed by atoms with Crippen molar-refractivity contribution in [3.05, 3.63) is 23.2 Å². The summed E-state index contributed by atoms with van der Waals surface area (Å²) in [5.41, 5.74) is 0.357. The monoisotopic (exact) mass is 399 g/mol. The quantitative estimate of drug-likeness (QED) is 0.798. The van der Waals surface area contributed by atoms with Crippen LogP contribution in [0.5, 0.6) is 0 Å². The number of piperidine rings is 1. The molecule has 0 unspecified atom stereocenters. The highest BCUT2D eigenvalue weighted by Gasteiger charge is 2.27. The summed E-state index contributed by atoms with van der Waals surface area (Å²) in [6.07, 6.45) is 5.77. The van der Waals surface area contributed by atoms with Crippen LogP contribution >= 0.6 is 11.6 Å². The fraction of sp³-hybridized carbons (Fsp3) is 0.611. The molecule has 2 saturated heterocycles. The van der Waals surface area contributed by atoms with Crippen molar-refractivity contribution in [1.82, 2.24) is 9.21 Å². The average Bonchev–Trinajstić information content (AvgIpc) is 3.18. The first kappa shape index (κ1) is 19.6. The number of halogens is 1. The Labute approximate surface area is 160 Å². The minimum absolute atomic E-state index is 0.145. The zero-order chi connectivity index (χ0) is 18.6. The molecule has 0 saturated carbocycles. The molecule has 8 heteroatoms. The van der Waals surface area contributed by atoms with Crippen molar-refractivity contribution in [1.29, 1.82) is 0 Å². The number of anilines is 1. The van der Waals surface area contributed by atoms with E-state index in [2.05, 4.69) is 10.2 Å². The molecule has 6 nitrogen and oxygen atoms in total. The minimum Gasteiger partial charge on any atom is -0.325 e. The number of benzene rings is 1. The van der Waals surface area contributed by atoms with Gasteiger partial charge in [-0.3, -0.25) is 4.79 Å². The van der Waals surface area contributed by atoms with Gasteiger partial charge in [-0.2, -0.15) is 4.31 Å². The number of carbonyl (C=O) groups excluding carboxylic acids is 1. The molecule has 1 N–H and O–H groups in total. The standard InChI is InChI=1S/C18H26ClN3O3S/c19-16-7-6-15(26(24,25)22-11-4-5-12-22)14-17(16)20-18(23)8-13-21-9-2-1-3-10-21/h6-7,14H,1-5,8-13H2,(H,20,23). The molecule has 1 amide bonds. The second-order valence-electron chi connectivity index (χ2n) is 6.95. The molecule has 2 fully saturated rings. The van der Waals surface area contributed by atoms with Crippen molar-refractivity contribution in [2.75, 3.05) is 38.0 Å². The van der Waals surface area contributed by atoms with E-state index in [0.717, 1.165) is 32.5 Å². The fourth-order valence-electron chi connectivity index (χ4n) is 3.49. The number of likely N-dealkylation sites (tertiary alicyclic amines) is 1. The summed E-state index contributed by atoms with van der Waals surface area (Å²) in [6, 6.07) is 4.50. The summed E-state index contributed by atoms with van der Waals surface area (Å²) in [7, 11) is -3.53. The van der Waals surface area contributed by atoms with E-state index in [9.17, 15) is 13.2 Å². The van der Waals surface area contributed by atoms with Crippen LogP contribution in [0.15, 0.2) is 23.1 Å². The predicted molar refractivity (Wildman–Crippen MR) is 103 cm³/mol. The third-order valence-electron chi connectivity index (χ3n) is 5.02. The van der Waals surface area contributed by atoms with Gasteiger partial charge in [0, 0.05) is 26.1 Å². The molecule has 0 radical (unpaired) electrons. The van der Waals surface area contributed by atoms with Crippen molar-refractivity contribution in [3.8, 4) is 0 Å². The van der Waals surface area contributed by atoms with Gasteiger partial charge in [0.05, 0.1) is 15.6 Å². The maximum absolute atomic E-state index is 12.7. The Balaban J connectivity index is 1.64. The first-order valence-electron chi connectivity index (χ1n) is 9.29. The van der Waals surface area contributed by atoms with Gasteiger partial charge in [0.1, 0.15) is 0 Å². The Hall–Kier alpha value is -1.15. The number of hydrogen-bond donors (Lipinski definition) is 1. The van der Waals surface area contributed by atoms with Gasteiger partial charge in [0.2, 0.25) is 15.9 Å². The lowest BCUT2D eigenvalue weighted by atomic mass is 10.1. The van der Waals surface area contributed by atoms with E-state index >= 15 is 0 Å². The Morgan fingerprint density at radius 2 is 1.69 bits per heavy atom. The summed E-state index contributed by atoms with van der Waals surface area (Å²) in [5.74, 6) is -0.145. The molecule has 26 heavy (non-hydrogen) atoms. The number of hydrogen-bond acceptors (Lipinski definition) is 4. The molecule has 2 heterocycles. The molecule has 2 aliphatic heterocycles. The number of sulfonamides is 1. The van der Waals surface area contributed by atoms with Gasteiger partial charge in [-0.05, 0) is 57.0 Å². The Bertz CT molecular complexity index is 742. The van der Waals surface area contributed by atoms with Crippen LogP contribution in [0, 0.1) is 0 Å². The van der Waals surface area contributed by atoms with Gasteiger partial charge < -0.3 is 10.2 Å². The van der Waals surface area contributed by atoms with Gasteiger partial charge >= 0.3 is 0 Å². The first-order chi connectivity index (χ1) is 12.5. The number of amides is 1. The second kappa shape index (κ2) is 8.69. The largest absolute Gasteiger partial charge is 0.325 e. The predicted octanol–water partition coefficient (Wildman–Crippen LogP) is 2.94. The highest BCUT2D eigenvalue weighted by atomic mass is 35.5. The SMILES string of the molecule is O=C(CCN1CCCCC1)Nc1cc(S(=O)(=O)N2CCCC2)ccc1Cl. The van der Waals surface area contributed by atoms with Crippen LogP contribution in [0.1, 0.15) is 38.5 Å². The average molecular weight is 400 g/mol. The van der Waals surface area contributed by atoms with Crippen LogP contribution < -0.4 is 5.32 Å². The van der Waals surface area contributed by atoms with E-state index in [-0.39, 0.29) is 10.8 Å². The van der Waals surface area contributed by atoms with E-state index < -0.39 is 10.0 Å². The summed E-state index contributed by atoms with van der Waals surface area (Å²) in [5, 5.41) is 3.12. The third-order valence-corrected chi connectivity index (χ3v) is 7.24. The van der Waals surface area contributed by atoms with E-state index in [4.69, 9.17) is 11.6 Å². The molecule has 0 spiro atoms. The topological polar surface area (TPSA) is 69.7 Å². The molecule has 1 aromatic carbocycles. The number of nitrogens with one attached hydrogen (secondary N) is 1. The van der Waals surface area contributed by atoms with Crippen LogP contribution in [0.25, 0.3) is 0 Å². The number of rotatable bonds is 6. The molecular weight excluding hydrogens is 374 g/mol. The normalized spacial score (nSPS) is 19.6. The van der Waals surface area contributed by atoms with Gasteiger partial charge in [-0.1, -0.05) is 18.0 Å². The van der Waals surface area contributed by atoms with Gasteiger partial charge in [0.15, 0.2) is 0 Å². The summed E-state index contributed by atoms with van der Waals surface area (Å²) in [6.45, 7) is 3.88. The Morgan fingerprint density at radius 3 is 2.38 bits per heavy atom. The van der Waals surface area contributed by atoms with Crippen molar-refractivity contribution in [3.63, 3.8) is 0 Å². The lowest BCUT2D eigenvalue weighted by molar-refractivity contribution is -0.116. The van der Waals surface area contributed by atoms with E-state index in [0.29, 0.717) is 30.2 Å². The van der Waals surface area contributed by atoms with E-state index in [1.165, 1.54) is 41.8 Å². The molecule has 0 aliphatic carbocycles. The third kappa shape index (κ3) is 4.76. The molecule has 0 atom stereocenters.